The molecule has 0 aliphatic carbocycles. The van der Waals surface area contributed by atoms with Crippen LogP contribution in [0.1, 0.15) is 18.1 Å². The third-order valence-electron chi connectivity index (χ3n) is 3.45. The molecule has 18 heavy (non-hydrogen) atoms. The SMILES string of the molecule is CNC(C(Cl)Cl)C(C)(O)c1ccc2c(c1)SCC2. The molecule has 2 N–H and O–H groups in total. The highest BCUT2D eigenvalue weighted by Crippen LogP contribution is 2.36. The summed E-state index contributed by atoms with van der Waals surface area (Å²) in [5.74, 6) is 1.12. The van der Waals surface area contributed by atoms with Gasteiger partial charge in [-0.2, -0.15) is 0 Å². The first-order valence-corrected chi connectivity index (χ1v) is 7.76. The Kier molecular flexibility index (Phi) is 4.50. The average molecular weight is 306 g/mol. The molecule has 0 radical (unpaired) electrons. The number of thioether (sulfide) groups is 1. The third-order valence-corrected chi connectivity index (χ3v) is 5.05. The molecule has 2 unspecified atom stereocenters. The minimum atomic E-state index is -1.10. The van der Waals surface area contributed by atoms with Crippen molar-refractivity contribution in [2.75, 3.05) is 12.8 Å². The first kappa shape index (κ1) is 14.5. The van der Waals surface area contributed by atoms with Crippen molar-refractivity contribution < 1.29 is 5.11 Å². The normalized spacial score (nSPS) is 19.7. The number of hydrogen-bond acceptors (Lipinski definition) is 3. The Morgan fingerprint density at radius 2 is 2.17 bits per heavy atom. The fourth-order valence-electron chi connectivity index (χ4n) is 2.31. The zero-order valence-electron chi connectivity index (χ0n) is 10.4. The number of benzene rings is 1. The van der Waals surface area contributed by atoms with Crippen molar-refractivity contribution in [3.63, 3.8) is 0 Å². The molecule has 0 spiro atoms. The van der Waals surface area contributed by atoms with E-state index in [1.807, 2.05) is 23.9 Å². The van der Waals surface area contributed by atoms with Gasteiger partial charge in [0.2, 0.25) is 0 Å². The standard InChI is InChI=1S/C13H17Cl2NOS/c1-13(17,11(16-2)12(14)15)9-4-3-8-5-6-18-10(8)7-9/h3-4,7,11-12,16-17H,5-6H2,1-2H3. The van der Waals surface area contributed by atoms with Crippen molar-refractivity contribution in [2.45, 2.75) is 34.7 Å². The molecule has 2 rings (SSSR count). The van der Waals surface area contributed by atoms with Gasteiger partial charge in [0.1, 0.15) is 10.4 Å². The number of rotatable bonds is 4. The van der Waals surface area contributed by atoms with Crippen molar-refractivity contribution in [3.05, 3.63) is 29.3 Å². The monoisotopic (exact) mass is 305 g/mol. The molecule has 2 atom stereocenters. The summed E-state index contributed by atoms with van der Waals surface area (Å²) in [6.07, 6.45) is 1.10. The van der Waals surface area contributed by atoms with E-state index in [1.54, 1.807) is 14.0 Å². The van der Waals surface area contributed by atoms with E-state index in [9.17, 15) is 5.11 Å². The largest absolute Gasteiger partial charge is 0.384 e. The van der Waals surface area contributed by atoms with Gasteiger partial charge >= 0.3 is 0 Å². The Bertz CT molecular complexity index is 437. The van der Waals surface area contributed by atoms with Crippen molar-refractivity contribution in [2.24, 2.45) is 0 Å². The molecule has 2 nitrogen and oxygen atoms in total. The second kappa shape index (κ2) is 5.59. The van der Waals surface area contributed by atoms with Crippen LogP contribution in [0.3, 0.4) is 0 Å². The summed E-state index contributed by atoms with van der Waals surface area (Å²) in [5, 5.41) is 13.7. The maximum absolute atomic E-state index is 10.7. The summed E-state index contributed by atoms with van der Waals surface area (Å²) in [6, 6.07) is 5.69. The Hall–Kier alpha value is 0.0700. The fourth-order valence-corrected chi connectivity index (χ4v) is 4.16. The highest BCUT2D eigenvalue weighted by atomic mass is 35.5. The van der Waals surface area contributed by atoms with Gasteiger partial charge in [-0.05, 0) is 37.6 Å². The molecule has 1 aliphatic heterocycles. The Balaban J connectivity index is 2.34. The minimum Gasteiger partial charge on any atom is -0.384 e. The van der Waals surface area contributed by atoms with E-state index in [1.165, 1.54) is 10.5 Å². The van der Waals surface area contributed by atoms with E-state index in [0.717, 1.165) is 17.7 Å². The first-order valence-electron chi connectivity index (χ1n) is 5.91. The second-order valence-electron chi connectivity index (χ2n) is 4.67. The number of nitrogens with one attached hydrogen (secondary N) is 1. The lowest BCUT2D eigenvalue weighted by Gasteiger charge is -2.34. The molecule has 0 saturated carbocycles. The molecule has 1 aromatic rings. The Morgan fingerprint density at radius 3 is 2.78 bits per heavy atom. The molecule has 0 aromatic heterocycles. The second-order valence-corrected chi connectivity index (χ2v) is 6.97. The van der Waals surface area contributed by atoms with Gasteiger partial charge in [-0.1, -0.05) is 12.1 Å². The van der Waals surface area contributed by atoms with Crippen LogP contribution in [0.5, 0.6) is 0 Å². The van der Waals surface area contributed by atoms with Gasteiger partial charge in [-0.25, -0.2) is 0 Å². The van der Waals surface area contributed by atoms with Crippen molar-refractivity contribution in [3.8, 4) is 0 Å². The molecule has 1 aromatic carbocycles. The van der Waals surface area contributed by atoms with E-state index < -0.39 is 16.5 Å². The summed E-state index contributed by atoms with van der Waals surface area (Å²) in [4.78, 5) is 0.578. The van der Waals surface area contributed by atoms with E-state index in [-0.39, 0.29) is 0 Å². The lowest BCUT2D eigenvalue weighted by molar-refractivity contribution is 0.0221. The van der Waals surface area contributed by atoms with E-state index in [4.69, 9.17) is 23.2 Å². The fraction of sp³-hybridized carbons (Fsp3) is 0.538. The number of aliphatic hydroxyl groups is 1. The quantitative estimate of drug-likeness (QED) is 0.839. The molecule has 0 amide bonds. The van der Waals surface area contributed by atoms with Crippen molar-refractivity contribution >= 4 is 35.0 Å². The molecular formula is C13H17Cl2NOS. The van der Waals surface area contributed by atoms with Crippen LogP contribution in [-0.4, -0.2) is 28.8 Å². The molecular weight excluding hydrogens is 289 g/mol. The van der Waals surface area contributed by atoms with E-state index in [0.29, 0.717) is 0 Å². The summed E-state index contributed by atoms with van der Waals surface area (Å²) in [5.41, 5.74) is 1.11. The number of fused-ring (bicyclic) bond motifs is 1. The van der Waals surface area contributed by atoms with Crippen LogP contribution in [0.15, 0.2) is 23.1 Å². The first-order chi connectivity index (χ1) is 8.46. The molecule has 100 valence electrons. The Labute approximate surface area is 122 Å². The third kappa shape index (κ3) is 2.66. The average Bonchev–Trinajstić information content (AvgIpc) is 2.75. The van der Waals surface area contributed by atoms with Crippen molar-refractivity contribution in [1.29, 1.82) is 0 Å². The minimum absolute atomic E-state index is 0.412. The number of halogens is 2. The highest BCUT2D eigenvalue weighted by Gasteiger charge is 2.37. The van der Waals surface area contributed by atoms with Crippen LogP contribution in [0.25, 0.3) is 0 Å². The maximum atomic E-state index is 10.7. The summed E-state index contributed by atoms with van der Waals surface area (Å²) in [7, 11) is 1.75. The predicted octanol–water partition coefficient (Wildman–Crippen LogP) is 2.93. The lowest BCUT2D eigenvalue weighted by Crippen LogP contribution is -2.49. The van der Waals surface area contributed by atoms with Crippen LogP contribution in [0.2, 0.25) is 0 Å². The van der Waals surface area contributed by atoms with E-state index in [2.05, 4.69) is 11.4 Å². The predicted molar refractivity (Wildman–Crippen MR) is 78.8 cm³/mol. The van der Waals surface area contributed by atoms with Gasteiger partial charge in [0.15, 0.2) is 0 Å². The van der Waals surface area contributed by atoms with Crippen LogP contribution in [-0.2, 0) is 12.0 Å². The van der Waals surface area contributed by atoms with Crippen molar-refractivity contribution in [1.82, 2.24) is 5.32 Å². The summed E-state index contributed by atoms with van der Waals surface area (Å²) >= 11 is 13.7. The topological polar surface area (TPSA) is 32.3 Å². The number of alkyl halides is 2. The smallest absolute Gasteiger partial charge is 0.126 e. The van der Waals surface area contributed by atoms with Gasteiger partial charge < -0.3 is 10.4 Å². The summed E-state index contributed by atoms with van der Waals surface area (Å²) < 4.78 is 0. The Morgan fingerprint density at radius 1 is 1.44 bits per heavy atom. The highest BCUT2D eigenvalue weighted by molar-refractivity contribution is 7.99. The van der Waals surface area contributed by atoms with E-state index >= 15 is 0 Å². The zero-order valence-corrected chi connectivity index (χ0v) is 12.7. The van der Waals surface area contributed by atoms with Crippen LogP contribution in [0, 0.1) is 0 Å². The lowest BCUT2D eigenvalue weighted by atomic mass is 9.88. The van der Waals surface area contributed by atoms with Gasteiger partial charge in [0.25, 0.3) is 0 Å². The summed E-state index contributed by atoms with van der Waals surface area (Å²) in [6.45, 7) is 1.74. The maximum Gasteiger partial charge on any atom is 0.126 e. The van der Waals surface area contributed by atoms with Crippen LogP contribution < -0.4 is 5.32 Å². The van der Waals surface area contributed by atoms with Crippen LogP contribution >= 0.6 is 35.0 Å². The molecule has 1 aliphatic rings. The van der Waals surface area contributed by atoms with Gasteiger partial charge in [-0.3, -0.25) is 0 Å². The number of aryl methyl sites for hydroxylation is 1. The molecule has 0 bridgehead atoms. The number of hydrogen-bond donors (Lipinski definition) is 2. The molecule has 0 saturated heterocycles. The zero-order chi connectivity index (χ0) is 13.3. The van der Waals surface area contributed by atoms with Crippen LogP contribution in [0.4, 0.5) is 0 Å². The van der Waals surface area contributed by atoms with Gasteiger partial charge in [-0.15, -0.1) is 35.0 Å². The molecule has 0 fully saturated rings. The molecule has 5 heteroatoms. The number of likely N-dealkylation sites (N-methyl/N-ethyl adjacent to an activating group) is 1. The van der Waals surface area contributed by atoms with Gasteiger partial charge in [0, 0.05) is 10.6 Å². The van der Waals surface area contributed by atoms with Gasteiger partial charge in [0.05, 0.1) is 6.04 Å². The molecule has 1 heterocycles.